The Labute approximate surface area is 332 Å². The molecule has 51 heavy (non-hydrogen) atoms. The first kappa shape index (κ1) is 42.4. The van der Waals surface area contributed by atoms with Gasteiger partial charge in [0.25, 0.3) is 0 Å². The van der Waals surface area contributed by atoms with E-state index in [2.05, 4.69) is 65.4 Å². The van der Waals surface area contributed by atoms with Gasteiger partial charge in [-0.3, -0.25) is 29.9 Å². The molecule has 8 heterocycles. The minimum Gasteiger partial charge on any atom is -1.00 e. The van der Waals surface area contributed by atoms with Gasteiger partial charge < -0.3 is 24.8 Å². The molecule has 0 saturated carbocycles. The average molecular weight is 833 g/mol. The number of pyridine rings is 6. The molecule has 0 aliphatic rings. The van der Waals surface area contributed by atoms with Crippen molar-refractivity contribution in [2.75, 3.05) is 0 Å². The van der Waals surface area contributed by atoms with Crippen molar-refractivity contribution in [1.29, 1.82) is 0 Å². The first-order chi connectivity index (χ1) is 23.8. The topological polar surface area (TPSA) is 77.3 Å². The molecule has 0 radical (unpaired) electrons. The van der Waals surface area contributed by atoms with Gasteiger partial charge in [0.2, 0.25) is 0 Å². The Kier molecular flexibility index (Phi) is 20.3. The summed E-state index contributed by atoms with van der Waals surface area (Å²) in [5, 5.41) is 4.20. The third-order valence-corrected chi connectivity index (χ3v) is 8.42. The van der Waals surface area contributed by atoms with Crippen LogP contribution < -0.4 is 24.8 Å². The first-order valence-corrected chi connectivity index (χ1v) is 16.8. The summed E-state index contributed by atoms with van der Waals surface area (Å²) in [5.74, 6) is 0. The molecule has 0 bridgehead atoms. The van der Waals surface area contributed by atoms with Crippen molar-refractivity contribution >= 4 is 28.7 Å². The van der Waals surface area contributed by atoms with Crippen molar-refractivity contribution in [2.45, 2.75) is 0 Å². The second-order valence-corrected chi connectivity index (χ2v) is 11.5. The van der Waals surface area contributed by atoms with Crippen LogP contribution in [0.1, 0.15) is 5.56 Å². The monoisotopic (exact) mass is 832 g/mol. The summed E-state index contributed by atoms with van der Waals surface area (Å²) in [4.78, 5) is 27.8. The molecule has 0 aliphatic heterocycles. The fourth-order valence-corrected chi connectivity index (χ4v) is 5.97. The molecular weight excluding hydrogens is 801 g/mol. The molecule has 0 unspecified atom stereocenters. The van der Waals surface area contributed by atoms with Crippen LogP contribution in [0.25, 0.3) is 50.0 Å². The predicted molar refractivity (Wildman–Crippen MR) is 200 cm³/mol. The van der Waals surface area contributed by atoms with Crippen LogP contribution in [0.5, 0.6) is 0 Å². The third kappa shape index (κ3) is 13.8. The molecule has 256 valence electrons. The number of rotatable bonds is 5. The summed E-state index contributed by atoms with van der Waals surface area (Å²) in [6, 6.07) is 41.1. The molecule has 0 spiro atoms. The number of halogens is 2. The molecule has 11 heteroatoms. The third-order valence-electron chi connectivity index (χ3n) is 6.44. The number of aromatic nitrogens is 6. The molecule has 0 aliphatic carbocycles. The summed E-state index contributed by atoms with van der Waals surface area (Å²) < 4.78 is 0. The molecule has 0 aromatic carbocycles. The van der Waals surface area contributed by atoms with Gasteiger partial charge in [0.15, 0.2) is 0 Å². The van der Waals surface area contributed by atoms with E-state index in [0.717, 1.165) is 34.2 Å². The van der Waals surface area contributed by atoms with E-state index in [1.807, 2.05) is 115 Å². The van der Waals surface area contributed by atoms with Crippen molar-refractivity contribution in [3.8, 4) is 43.9 Å². The van der Waals surface area contributed by atoms with E-state index in [0.29, 0.717) is 0 Å². The van der Waals surface area contributed by atoms with E-state index >= 15 is 0 Å². The van der Waals surface area contributed by atoms with Crippen LogP contribution in [0.4, 0.5) is 0 Å². The first-order valence-electron chi connectivity index (χ1n) is 15.0. The molecule has 6 nitrogen and oxygen atoms in total. The van der Waals surface area contributed by atoms with Crippen LogP contribution in [0.3, 0.4) is 0 Å². The quantitative estimate of drug-likeness (QED) is 0.237. The van der Waals surface area contributed by atoms with Gasteiger partial charge in [0.05, 0.1) is 39.0 Å². The van der Waals surface area contributed by atoms with Crippen LogP contribution >= 0.6 is 22.7 Å². The maximum Gasteiger partial charge on any atom is 2.00 e. The zero-order valence-corrected chi connectivity index (χ0v) is 32.0. The van der Waals surface area contributed by atoms with Crippen LogP contribution in [0.2, 0.25) is 0 Å². The smallest absolute Gasteiger partial charge is 1.00 e. The molecule has 0 saturated heterocycles. The molecule has 0 atom stereocenters. The van der Waals surface area contributed by atoms with Gasteiger partial charge in [-0.25, -0.2) is 0 Å². The number of hydrogen-bond acceptors (Lipinski definition) is 8. The minimum absolute atomic E-state index is 0. The van der Waals surface area contributed by atoms with Gasteiger partial charge >= 0.3 is 19.5 Å². The van der Waals surface area contributed by atoms with Crippen molar-refractivity contribution in [1.82, 2.24) is 29.9 Å². The fourth-order valence-electron chi connectivity index (χ4n) is 4.17. The molecule has 8 aromatic heterocycles. The van der Waals surface area contributed by atoms with E-state index in [9.17, 15) is 0 Å². The van der Waals surface area contributed by atoms with Crippen LogP contribution in [0.15, 0.2) is 182 Å². The number of thiophene rings is 2. The SMILES string of the molecule is C=Cc1ccsc1-c1cccs1.[Cl-].[Cl-].[Ru+2].c1ccc(-c2ccccn2)nc1.c1ccc(-c2ccccn2)nc1.c1ccc(-c2ccccn2)nc1. The molecule has 0 N–H and O–H groups in total. The standard InChI is InChI=1S/3C10H8N2.C10H8S2.2ClH.Ru/c3*1-3-7-11-9(5-1)10-6-2-4-8-12-10;1-2-8-5-7-12-10(8)9-4-3-6-11-9;;;/h3*1-8H;2-7H,1H2;2*1H;/q;;;;;;+2/p-2. The van der Waals surface area contributed by atoms with Gasteiger partial charge in [-0.05, 0) is 101 Å². The van der Waals surface area contributed by atoms with Crippen molar-refractivity contribution in [2.24, 2.45) is 0 Å². The Balaban J connectivity index is 0.000000231. The molecule has 8 aromatic rings. The Hall–Kier alpha value is -4.76. The maximum absolute atomic E-state index is 4.19. The normalized spacial score (nSPS) is 9.18. The van der Waals surface area contributed by atoms with E-state index < -0.39 is 0 Å². The van der Waals surface area contributed by atoms with Gasteiger partial charge in [-0.15, -0.1) is 22.7 Å². The largest absolute Gasteiger partial charge is 2.00 e. The zero-order chi connectivity index (χ0) is 33.1. The molecule has 0 fully saturated rings. The second-order valence-electron chi connectivity index (χ2n) is 9.68. The minimum atomic E-state index is 0. The van der Waals surface area contributed by atoms with Gasteiger partial charge in [0, 0.05) is 42.1 Å². The van der Waals surface area contributed by atoms with Crippen molar-refractivity contribution in [3.63, 3.8) is 0 Å². The number of nitrogens with zero attached hydrogens (tertiary/aromatic N) is 6. The predicted octanol–water partition coefficient (Wildman–Crippen LogP) is 4.56. The molecule has 8 rings (SSSR count). The Morgan fingerprint density at radius 2 is 0.725 bits per heavy atom. The summed E-state index contributed by atoms with van der Waals surface area (Å²) in [5.41, 5.74) is 6.73. The van der Waals surface area contributed by atoms with E-state index in [4.69, 9.17) is 0 Å². The Morgan fingerprint density at radius 1 is 0.392 bits per heavy atom. The Bertz CT molecular complexity index is 1730. The van der Waals surface area contributed by atoms with E-state index in [1.54, 1.807) is 59.9 Å². The van der Waals surface area contributed by atoms with E-state index in [-0.39, 0.29) is 44.3 Å². The van der Waals surface area contributed by atoms with Gasteiger partial charge in [0.1, 0.15) is 0 Å². The Morgan fingerprint density at radius 3 is 0.961 bits per heavy atom. The maximum atomic E-state index is 4.19. The number of hydrogen-bond donors (Lipinski definition) is 0. The summed E-state index contributed by atoms with van der Waals surface area (Å²) in [6.45, 7) is 3.78. The van der Waals surface area contributed by atoms with Gasteiger partial charge in [-0.1, -0.05) is 55.1 Å². The van der Waals surface area contributed by atoms with Gasteiger partial charge in [-0.2, -0.15) is 0 Å². The fraction of sp³-hybridized carbons (Fsp3) is 0. The van der Waals surface area contributed by atoms with Crippen LogP contribution in [-0.4, -0.2) is 29.9 Å². The molecule has 0 amide bonds. The van der Waals surface area contributed by atoms with E-state index in [1.165, 1.54) is 15.3 Å². The summed E-state index contributed by atoms with van der Waals surface area (Å²) in [6.07, 6.45) is 12.5. The second kappa shape index (κ2) is 24.4. The van der Waals surface area contributed by atoms with Crippen LogP contribution in [-0.2, 0) is 19.5 Å². The molecular formula is C40H32Cl2N6RuS2. The summed E-state index contributed by atoms with van der Waals surface area (Å²) in [7, 11) is 0. The van der Waals surface area contributed by atoms with Crippen molar-refractivity contribution in [3.05, 3.63) is 187 Å². The zero-order valence-electron chi connectivity index (χ0n) is 27.1. The van der Waals surface area contributed by atoms with Crippen molar-refractivity contribution < 1.29 is 44.3 Å². The average Bonchev–Trinajstić information content (AvgIpc) is 3.91. The summed E-state index contributed by atoms with van der Waals surface area (Å²) >= 11 is 3.54. The van der Waals surface area contributed by atoms with Crippen LogP contribution in [0, 0.1) is 0 Å².